The molecule has 1 heterocycles. The number of benzene rings is 1. The minimum absolute atomic E-state index is 0.0332. The van der Waals surface area contributed by atoms with Gasteiger partial charge < -0.3 is 15.0 Å². The SMILES string of the molecule is C[C@@H]1CNCCN1C(=O)[C@@H]1C[C@@H]1c1ccccc1OC(F)(F)F. The summed E-state index contributed by atoms with van der Waals surface area (Å²) in [6.45, 7) is 4.12. The third-order valence-corrected chi connectivity index (χ3v) is 4.44. The monoisotopic (exact) mass is 328 g/mol. The summed E-state index contributed by atoms with van der Waals surface area (Å²) in [7, 11) is 0. The van der Waals surface area contributed by atoms with Gasteiger partial charge in [0, 0.05) is 31.6 Å². The second-order valence-corrected chi connectivity index (χ2v) is 6.12. The number of piperazine rings is 1. The maximum absolute atomic E-state index is 12.6. The van der Waals surface area contributed by atoms with E-state index in [1.807, 2.05) is 11.8 Å². The standard InChI is InChI=1S/C16H19F3N2O2/c1-10-9-20-6-7-21(10)15(22)13-8-12(13)11-4-2-3-5-14(11)23-16(17,18)19/h2-5,10,12-13,20H,6-9H2,1H3/t10-,12-,13-/m1/s1. The number of carbonyl (C=O) groups is 1. The van der Waals surface area contributed by atoms with Crippen LogP contribution in [0.25, 0.3) is 0 Å². The Morgan fingerprint density at radius 2 is 2.09 bits per heavy atom. The fourth-order valence-electron chi connectivity index (χ4n) is 3.20. The summed E-state index contributed by atoms with van der Waals surface area (Å²) in [5.41, 5.74) is 0.464. The van der Waals surface area contributed by atoms with E-state index >= 15 is 0 Å². The number of nitrogens with one attached hydrogen (secondary N) is 1. The van der Waals surface area contributed by atoms with Crippen LogP contribution in [0, 0.1) is 5.92 Å². The van der Waals surface area contributed by atoms with Crippen LogP contribution in [-0.2, 0) is 4.79 Å². The van der Waals surface area contributed by atoms with E-state index in [-0.39, 0.29) is 29.5 Å². The Hall–Kier alpha value is -1.76. The van der Waals surface area contributed by atoms with Gasteiger partial charge in [-0.05, 0) is 30.9 Å². The first-order valence-electron chi connectivity index (χ1n) is 7.72. The maximum Gasteiger partial charge on any atom is 0.573 e. The molecule has 126 valence electrons. The molecule has 1 aromatic carbocycles. The lowest BCUT2D eigenvalue weighted by Gasteiger charge is -2.34. The van der Waals surface area contributed by atoms with Crippen LogP contribution in [-0.4, -0.2) is 42.8 Å². The zero-order valence-electron chi connectivity index (χ0n) is 12.8. The van der Waals surface area contributed by atoms with E-state index < -0.39 is 6.36 Å². The molecule has 1 N–H and O–H groups in total. The molecule has 0 radical (unpaired) electrons. The molecular weight excluding hydrogens is 309 g/mol. The highest BCUT2D eigenvalue weighted by molar-refractivity contribution is 5.83. The fourth-order valence-corrected chi connectivity index (χ4v) is 3.20. The van der Waals surface area contributed by atoms with Crippen molar-refractivity contribution in [3.8, 4) is 5.75 Å². The van der Waals surface area contributed by atoms with Crippen LogP contribution < -0.4 is 10.1 Å². The number of hydrogen-bond acceptors (Lipinski definition) is 3. The minimum Gasteiger partial charge on any atom is -0.405 e. The molecule has 7 heteroatoms. The first-order valence-corrected chi connectivity index (χ1v) is 7.72. The van der Waals surface area contributed by atoms with E-state index in [9.17, 15) is 18.0 Å². The summed E-state index contributed by atoms with van der Waals surface area (Å²) in [5.74, 6) is -0.601. The van der Waals surface area contributed by atoms with Gasteiger partial charge in [-0.3, -0.25) is 4.79 Å². The lowest BCUT2D eigenvalue weighted by atomic mass is 10.1. The smallest absolute Gasteiger partial charge is 0.405 e. The number of amides is 1. The van der Waals surface area contributed by atoms with E-state index in [1.54, 1.807) is 12.1 Å². The highest BCUT2D eigenvalue weighted by atomic mass is 19.4. The minimum atomic E-state index is -4.72. The first kappa shape index (κ1) is 16.1. The van der Waals surface area contributed by atoms with Crippen LogP contribution in [0.1, 0.15) is 24.8 Å². The molecule has 1 saturated carbocycles. The molecule has 1 amide bonds. The summed E-state index contributed by atoms with van der Waals surface area (Å²) < 4.78 is 41.6. The Morgan fingerprint density at radius 3 is 2.78 bits per heavy atom. The molecule has 4 nitrogen and oxygen atoms in total. The fraction of sp³-hybridized carbons (Fsp3) is 0.562. The number of halogens is 3. The van der Waals surface area contributed by atoms with Gasteiger partial charge in [0.15, 0.2) is 0 Å². The third kappa shape index (κ3) is 3.60. The molecule has 1 saturated heterocycles. The zero-order valence-corrected chi connectivity index (χ0v) is 12.8. The number of nitrogens with zero attached hydrogens (tertiary/aromatic N) is 1. The first-order chi connectivity index (χ1) is 10.9. The van der Waals surface area contributed by atoms with E-state index in [1.165, 1.54) is 12.1 Å². The van der Waals surface area contributed by atoms with Gasteiger partial charge in [-0.25, -0.2) is 0 Å². The molecule has 3 atom stereocenters. The summed E-state index contributed by atoms with van der Waals surface area (Å²) in [6, 6.07) is 6.20. The van der Waals surface area contributed by atoms with Gasteiger partial charge in [0.1, 0.15) is 5.75 Å². The van der Waals surface area contributed by atoms with Crippen molar-refractivity contribution in [3.63, 3.8) is 0 Å². The predicted octanol–water partition coefficient (Wildman–Crippen LogP) is 2.51. The normalized spacial score (nSPS) is 27.7. The van der Waals surface area contributed by atoms with Crippen LogP contribution in [0.15, 0.2) is 24.3 Å². The lowest BCUT2D eigenvalue weighted by molar-refractivity contribution is -0.274. The molecule has 2 aliphatic rings. The molecule has 0 aromatic heterocycles. The van der Waals surface area contributed by atoms with E-state index in [0.717, 1.165) is 13.1 Å². The highest BCUT2D eigenvalue weighted by Crippen LogP contribution is 2.51. The average molecular weight is 328 g/mol. The van der Waals surface area contributed by atoms with Gasteiger partial charge in [-0.1, -0.05) is 18.2 Å². The number of rotatable bonds is 3. The molecule has 0 spiro atoms. The number of para-hydroxylation sites is 1. The van der Waals surface area contributed by atoms with Gasteiger partial charge in [-0.2, -0.15) is 0 Å². The molecule has 0 unspecified atom stereocenters. The molecular formula is C16H19F3N2O2. The molecule has 0 bridgehead atoms. The van der Waals surface area contributed by atoms with Crippen LogP contribution in [0.4, 0.5) is 13.2 Å². The number of hydrogen-bond donors (Lipinski definition) is 1. The average Bonchev–Trinajstić information content (AvgIpc) is 3.26. The van der Waals surface area contributed by atoms with Gasteiger partial charge >= 0.3 is 6.36 Å². The highest BCUT2D eigenvalue weighted by Gasteiger charge is 2.48. The Kier molecular flexibility index (Phi) is 4.23. The van der Waals surface area contributed by atoms with Crippen LogP contribution in [0.3, 0.4) is 0 Å². The van der Waals surface area contributed by atoms with Crippen molar-refractivity contribution in [2.45, 2.75) is 31.7 Å². The van der Waals surface area contributed by atoms with E-state index in [4.69, 9.17) is 0 Å². The van der Waals surface area contributed by atoms with Gasteiger partial charge in [-0.15, -0.1) is 13.2 Å². The Morgan fingerprint density at radius 1 is 1.35 bits per heavy atom. The van der Waals surface area contributed by atoms with Crippen molar-refractivity contribution < 1.29 is 22.7 Å². The van der Waals surface area contributed by atoms with Crippen LogP contribution in [0.5, 0.6) is 5.75 Å². The number of carbonyl (C=O) groups excluding carboxylic acids is 1. The predicted molar refractivity (Wildman–Crippen MR) is 78.0 cm³/mol. The largest absolute Gasteiger partial charge is 0.573 e. The molecule has 1 aromatic rings. The molecule has 3 rings (SSSR count). The Balaban J connectivity index is 1.72. The van der Waals surface area contributed by atoms with Gasteiger partial charge in [0.2, 0.25) is 5.91 Å². The van der Waals surface area contributed by atoms with E-state index in [2.05, 4.69) is 10.1 Å². The summed E-state index contributed by atoms with van der Waals surface area (Å²) in [6.07, 6.45) is -4.15. The van der Waals surface area contributed by atoms with Crippen molar-refractivity contribution in [2.24, 2.45) is 5.92 Å². The quantitative estimate of drug-likeness (QED) is 0.927. The van der Waals surface area contributed by atoms with Crippen molar-refractivity contribution in [2.75, 3.05) is 19.6 Å². The molecule has 2 fully saturated rings. The summed E-state index contributed by atoms with van der Waals surface area (Å²) >= 11 is 0. The van der Waals surface area contributed by atoms with Crippen molar-refractivity contribution in [1.29, 1.82) is 0 Å². The summed E-state index contributed by atoms with van der Waals surface area (Å²) in [4.78, 5) is 14.4. The van der Waals surface area contributed by atoms with Gasteiger partial charge in [0.05, 0.1) is 0 Å². The third-order valence-electron chi connectivity index (χ3n) is 4.44. The zero-order chi connectivity index (χ0) is 16.6. The maximum atomic E-state index is 12.6. The lowest BCUT2D eigenvalue weighted by Crippen LogP contribution is -2.52. The van der Waals surface area contributed by atoms with Crippen LogP contribution in [0.2, 0.25) is 0 Å². The Labute approximate surface area is 132 Å². The topological polar surface area (TPSA) is 41.6 Å². The second kappa shape index (κ2) is 6.03. The van der Waals surface area contributed by atoms with Crippen LogP contribution >= 0.6 is 0 Å². The summed E-state index contributed by atoms with van der Waals surface area (Å²) in [5, 5.41) is 3.22. The second-order valence-electron chi connectivity index (χ2n) is 6.12. The Bertz CT molecular complexity index is 591. The molecule has 1 aliphatic carbocycles. The molecule has 23 heavy (non-hydrogen) atoms. The van der Waals surface area contributed by atoms with Crippen molar-refractivity contribution in [3.05, 3.63) is 29.8 Å². The number of ether oxygens (including phenoxy) is 1. The van der Waals surface area contributed by atoms with Crippen molar-refractivity contribution >= 4 is 5.91 Å². The molecule has 1 aliphatic heterocycles. The van der Waals surface area contributed by atoms with E-state index in [0.29, 0.717) is 18.5 Å². The van der Waals surface area contributed by atoms with Gasteiger partial charge in [0.25, 0.3) is 0 Å². The van der Waals surface area contributed by atoms with Crippen molar-refractivity contribution in [1.82, 2.24) is 10.2 Å². The number of alkyl halides is 3.